The van der Waals surface area contributed by atoms with E-state index >= 15 is 0 Å². The highest BCUT2D eigenvalue weighted by atomic mass is 127. The van der Waals surface area contributed by atoms with Gasteiger partial charge in [0.1, 0.15) is 11.8 Å². The quantitative estimate of drug-likeness (QED) is 0.666. The van der Waals surface area contributed by atoms with Gasteiger partial charge in [-0.3, -0.25) is 4.99 Å². The van der Waals surface area contributed by atoms with Gasteiger partial charge in [0.2, 0.25) is 0 Å². The number of hydrogen-bond donors (Lipinski definition) is 0. The summed E-state index contributed by atoms with van der Waals surface area (Å²) in [5.74, 6) is 0.902. The second-order valence-corrected chi connectivity index (χ2v) is 2.95. The molecule has 0 aromatic rings. The summed E-state index contributed by atoms with van der Waals surface area (Å²) in [4.78, 5) is 4.27. The minimum absolute atomic E-state index is 0.139. The molecule has 0 amide bonds. The molecule has 0 radical (unpaired) electrons. The first-order chi connectivity index (χ1) is 5.24. The highest BCUT2D eigenvalue weighted by molar-refractivity contribution is 14.1. The van der Waals surface area contributed by atoms with Gasteiger partial charge in [0, 0.05) is 6.21 Å². The lowest BCUT2D eigenvalue weighted by molar-refractivity contribution is 0.504. The molecule has 60 valence electrons. The summed E-state index contributed by atoms with van der Waals surface area (Å²) >= 11 is 1.87. The smallest absolute Gasteiger partial charge is 0.192 e. The van der Waals surface area contributed by atoms with Gasteiger partial charge in [-0.25, -0.2) is 0 Å². The van der Waals surface area contributed by atoms with Crippen LogP contribution >= 0.6 is 23.0 Å². The van der Waals surface area contributed by atoms with Gasteiger partial charge in [0.25, 0.3) is 0 Å². The summed E-state index contributed by atoms with van der Waals surface area (Å²) in [7, 11) is 0. The Morgan fingerprint density at radius 2 is 2.27 bits per heavy atom. The van der Waals surface area contributed by atoms with Crippen molar-refractivity contribution in [3.8, 4) is 0 Å². The molecule has 0 N–H and O–H groups in total. The Morgan fingerprint density at radius 1 is 1.55 bits per heavy atom. The molecule has 1 atom stereocenters. The van der Waals surface area contributed by atoms with Gasteiger partial charge in [-0.05, 0) is 25.5 Å². The second kappa shape index (κ2) is 3.90. The molecule has 0 aromatic carbocycles. The Bertz CT molecular complexity index is 230. The summed E-state index contributed by atoms with van der Waals surface area (Å²) in [6.07, 6.45) is 5.82. The maximum atomic E-state index is 5.10. The average Bonchev–Trinajstić information content (AvgIpc) is 2.15. The van der Waals surface area contributed by atoms with Crippen molar-refractivity contribution in [2.45, 2.75) is 19.9 Å². The molecule has 1 heterocycles. The molecule has 0 bridgehead atoms. The van der Waals surface area contributed by atoms with E-state index < -0.39 is 0 Å². The molecule has 0 unspecified atom stereocenters. The highest BCUT2D eigenvalue weighted by Crippen LogP contribution is 2.14. The van der Waals surface area contributed by atoms with Crippen LogP contribution in [0.25, 0.3) is 0 Å². The third kappa shape index (κ3) is 2.32. The first kappa shape index (κ1) is 8.77. The zero-order valence-corrected chi connectivity index (χ0v) is 8.70. The molecule has 0 spiro atoms. The fourth-order valence-electron chi connectivity index (χ4n) is 0.789. The summed E-state index contributed by atoms with van der Waals surface area (Å²) < 4.78 is 5.10. The Hall–Kier alpha value is -0.320. The SMILES string of the molecule is CC1=CC=C(OI)[C@@H](C)N=C1. The van der Waals surface area contributed by atoms with Gasteiger partial charge < -0.3 is 3.07 Å². The lowest BCUT2D eigenvalue weighted by Gasteiger charge is -2.05. The fraction of sp³-hybridized carbons (Fsp3) is 0.375. The number of allylic oxidation sites excluding steroid dienone is 3. The average molecular weight is 263 g/mol. The van der Waals surface area contributed by atoms with Crippen molar-refractivity contribution in [3.05, 3.63) is 23.5 Å². The van der Waals surface area contributed by atoms with Crippen molar-refractivity contribution in [3.63, 3.8) is 0 Å². The minimum Gasteiger partial charge on any atom is -0.430 e. The molecular formula is C8H10INO. The van der Waals surface area contributed by atoms with Gasteiger partial charge in [-0.1, -0.05) is 6.08 Å². The highest BCUT2D eigenvalue weighted by Gasteiger charge is 2.07. The van der Waals surface area contributed by atoms with Crippen molar-refractivity contribution in [2.75, 3.05) is 0 Å². The minimum atomic E-state index is 0.139. The molecule has 1 aliphatic rings. The van der Waals surface area contributed by atoms with E-state index in [-0.39, 0.29) is 6.04 Å². The first-order valence-corrected chi connectivity index (χ1v) is 4.32. The molecule has 0 saturated heterocycles. The van der Waals surface area contributed by atoms with E-state index in [2.05, 4.69) is 4.99 Å². The molecule has 11 heavy (non-hydrogen) atoms. The predicted molar refractivity (Wildman–Crippen MR) is 54.9 cm³/mol. The number of rotatable bonds is 1. The number of halogens is 1. The normalized spacial score (nSPS) is 23.7. The summed E-state index contributed by atoms with van der Waals surface area (Å²) in [6, 6.07) is 0.139. The number of nitrogens with zero attached hydrogens (tertiary/aromatic N) is 1. The molecule has 2 nitrogen and oxygen atoms in total. The van der Waals surface area contributed by atoms with Crippen LogP contribution in [-0.4, -0.2) is 12.3 Å². The molecule has 0 saturated carbocycles. The zero-order chi connectivity index (χ0) is 8.27. The third-order valence-electron chi connectivity index (χ3n) is 1.51. The van der Waals surface area contributed by atoms with Gasteiger partial charge in [-0.2, -0.15) is 0 Å². The van der Waals surface area contributed by atoms with Crippen LogP contribution in [-0.2, 0) is 3.07 Å². The molecule has 1 rings (SSSR count). The molecule has 1 aliphatic heterocycles. The zero-order valence-electron chi connectivity index (χ0n) is 6.54. The van der Waals surface area contributed by atoms with E-state index in [1.54, 1.807) is 0 Å². The Labute approximate surface area is 80.7 Å². The van der Waals surface area contributed by atoms with Crippen molar-refractivity contribution in [1.29, 1.82) is 0 Å². The van der Waals surface area contributed by atoms with Gasteiger partial charge in [-0.15, -0.1) is 0 Å². The Kier molecular flexibility index (Phi) is 3.11. The standard InChI is InChI=1S/C8H10INO/c1-6-3-4-8(11-9)7(2)10-5-6/h3-5,7H,1-2H3/t7-/m1/s1. The molecular weight excluding hydrogens is 253 g/mol. The topological polar surface area (TPSA) is 21.6 Å². The molecule has 0 fully saturated rings. The lowest BCUT2D eigenvalue weighted by Crippen LogP contribution is -2.01. The molecule has 0 aromatic heterocycles. The van der Waals surface area contributed by atoms with E-state index in [4.69, 9.17) is 3.07 Å². The van der Waals surface area contributed by atoms with Crippen LogP contribution in [0.3, 0.4) is 0 Å². The van der Waals surface area contributed by atoms with Gasteiger partial charge >= 0.3 is 0 Å². The van der Waals surface area contributed by atoms with Crippen molar-refractivity contribution in [1.82, 2.24) is 0 Å². The molecule has 3 heteroatoms. The monoisotopic (exact) mass is 263 g/mol. The van der Waals surface area contributed by atoms with Crippen LogP contribution in [0, 0.1) is 0 Å². The summed E-state index contributed by atoms with van der Waals surface area (Å²) in [6.45, 7) is 4.02. The van der Waals surface area contributed by atoms with E-state index in [9.17, 15) is 0 Å². The summed E-state index contributed by atoms with van der Waals surface area (Å²) in [5.41, 5.74) is 1.15. The Balaban J connectivity index is 2.86. The summed E-state index contributed by atoms with van der Waals surface area (Å²) in [5, 5.41) is 0. The van der Waals surface area contributed by atoms with Crippen molar-refractivity contribution >= 4 is 29.2 Å². The molecule has 0 aliphatic carbocycles. The Morgan fingerprint density at radius 3 is 2.91 bits per heavy atom. The fourth-order valence-corrected chi connectivity index (χ4v) is 1.30. The van der Waals surface area contributed by atoms with Crippen LogP contribution in [0.15, 0.2) is 28.5 Å². The predicted octanol–water partition coefficient (Wildman–Crippen LogP) is 2.66. The van der Waals surface area contributed by atoms with Crippen LogP contribution in [0.5, 0.6) is 0 Å². The van der Waals surface area contributed by atoms with E-state index in [0.29, 0.717) is 0 Å². The van der Waals surface area contributed by atoms with E-state index in [0.717, 1.165) is 11.3 Å². The van der Waals surface area contributed by atoms with E-state index in [1.807, 2.05) is 55.2 Å². The first-order valence-electron chi connectivity index (χ1n) is 3.44. The maximum absolute atomic E-state index is 5.10. The van der Waals surface area contributed by atoms with Gasteiger partial charge in [0.15, 0.2) is 23.0 Å². The largest absolute Gasteiger partial charge is 0.430 e. The van der Waals surface area contributed by atoms with E-state index in [1.165, 1.54) is 0 Å². The second-order valence-electron chi connectivity index (χ2n) is 2.51. The van der Waals surface area contributed by atoms with Crippen molar-refractivity contribution < 1.29 is 3.07 Å². The van der Waals surface area contributed by atoms with Crippen LogP contribution in [0.2, 0.25) is 0 Å². The maximum Gasteiger partial charge on any atom is 0.192 e. The van der Waals surface area contributed by atoms with Crippen molar-refractivity contribution in [2.24, 2.45) is 4.99 Å². The lowest BCUT2D eigenvalue weighted by atomic mass is 10.2. The number of hydrogen-bond acceptors (Lipinski definition) is 2. The van der Waals surface area contributed by atoms with Crippen LogP contribution in [0.1, 0.15) is 13.8 Å². The third-order valence-corrected chi connectivity index (χ3v) is 2.02. The van der Waals surface area contributed by atoms with Crippen LogP contribution in [0.4, 0.5) is 0 Å². The van der Waals surface area contributed by atoms with Crippen LogP contribution < -0.4 is 0 Å². The number of aliphatic imine (C=N–C) groups is 1. The van der Waals surface area contributed by atoms with Gasteiger partial charge in [0.05, 0.1) is 0 Å².